The molecular formula is C14H13FN4OS. The number of nitrogens with zero attached hydrogens (tertiary/aromatic N) is 3. The van der Waals surface area contributed by atoms with E-state index in [-0.39, 0.29) is 11.9 Å². The minimum Gasteiger partial charge on any atom is -0.332 e. The summed E-state index contributed by atoms with van der Waals surface area (Å²) >= 11 is 1.44. The molecule has 1 unspecified atom stereocenters. The average Bonchev–Trinajstić information content (AvgIpc) is 3.09. The molecule has 0 saturated heterocycles. The van der Waals surface area contributed by atoms with Crippen molar-refractivity contribution in [2.45, 2.75) is 19.9 Å². The molecular weight excluding hydrogens is 291 g/mol. The van der Waals surface area contributed by atoms with E-state index < -0.39 is 0 Å². The molecule has 108 valence electrons. The highest BCUT2D eigenvalue weighted by atomic mass is 32.1. The average molecular weight is 304 g/mol. The number of aryl methyl sites for hydroxylation is 1. The third-order valence-electron chi connectivity index (χ3n) is 3.00. The van der Waals surface area contributed by atoms with Gasteiger partial charge in [-0.2, -0.15) is 4.98 Å². The van der Waals surface area contributed by atoms with Crippen molar-refractivity contribution in [2.24, 2.45) is 5.73 Å². The summed E-state index contributed by atoms with van der Waals surface area (Å²) in [6.07, 6.45) is 0. The third-order valence-corrected chi connectivity index (χ3v) is 4.04. The number of rotatable bonds is 3. The van der Waals surface area contributed by atoms with Crippen LogP contribution in [0.4, 0.5) is 4.39 Å². The van der Waals surface area contributed by atoms with Gasteiger partial charge in [0.25, 0.3) is 5.89 Å². The minimum absolute atomic E-state index is 0.142. The minimum atomic E-state index is -0.338. The fraction of sp³-hybridized carbons (Fsp3) is 0.214. The SMILES string of the molecule is Cc1ccc(F)cc1-c1noc(-c2csc(C(C)N)n2)n1. The summed E-state index contributed by atoms with van der Waals surface area (Å²) < 4.78 is 18.6. The molecule has 5 nitrogen and oxygen atoms in total. The Morgan fingerprint density at radius 3 is 2.86 bits per heavy atom. The number of hydrogen-bond donors (Lipinski definition) is 1. The lowest BCUT2D eigenvalue weighted by molar-refractivity contribution is 0.431. The van der Waals surface area contributed by atoms with E-state index >= 15 is 0 Å². The Hall–Kier alpha value is -2.12. The van der Waals surface area contributed by atoms with E-state index in [1.807, 2.05) is 19.2 Å². The zero-order chi connectivity index (χ0) is 15.0. The first-order valence-electron chi connectivity index (χ1n) is 6.36. The van der Waals surface area contributed by atoms with Crippen molar-refractivity contribution in [3.8, 4) is 23.0 Å². The summed E-state index contributed by atoms with van der Waals surface area (Å²) in [6, 6.07) is 4.32. The second kappa shape index (κ2) is 5.34. The Kier molecular flexibility index (Phi) is 3.52. The van der Waals surface area contributed by atoms with Gasteiger partial charge in [-0.15, -0.1) is 11.3 Å². The second-order valence-corrected chi connectivity index (χ2v) is 5.63. The predicted octanol–water partition coefficient (Wildman–Crippen LogP) is 3.33. The standard InChI is InChI=1S/C14H13FN4OS/c1-7-3-4-9(15)5-10(7)12-18-13(20-19-12)11-6-21-14(17-11)8(2)16/h3-6,8H,16H2,1-2H3. The van der Waals surface area contributed by atoms with Gasteiger partial charge in [-0.3, -0.25) is 0 Å². The maximum absolute atomic E-state index is 13.3. The number of halogens is 1. The van der Waals surface area contributed by atoms with Gasteiger partial charge in [0.1, 0.15) is 16.5 Å². The Morgan fingerprint density at radius 1 is 1.33 bits per heavy atom. The van der Waals surface area contributed by atoms with E-state index in [1.165, 1.54) is 23.5 Å². The second-order valence-electron chi connectivity index (χ2n) is 4.74. The van der Waals surface area contributed by atoms with E-state index in [1.54, 1.807) is 6.07 Å². The largest absolute Gasteiger partial charge is 0.332 e. The molecule has 0 aliphatic heterocycles. The van der Waals surface area contributed by atoms with Crippen molar-refractivity contribution in [1.82, 2.24) is 15.1 Å². The Balaban J connectivity index is 1.97. The predicted molar refractivity (Wildman–Crippen MR) is 78.1 cm³/mol. The summed E-state index contributed by atoms with van der Waals surface area (Å²) in [7, 11) is 0. The van der Waals surface area contributed by atoms with Crippen LogP contribution in [-0.2, 0) is 0 Å². The highest BCUT2D eigenvalue weighted by molar-refractivity contribution is 7.10. The molecule has 0 aliphatic carbocycles. The fourth-order valence-corrected chi connectivity index (χ4v) is 2.62. The van der Waals surface area contributed by atoms with Gasteiger partial charge in [0.15, 0.2) is 0 Å². The number of aromatic nitrogens is 3. The van der Waals surface area contributed by atoms with Gasteiger partial charge >= 0.3 is 0 Å². The van der Waals surface area contributed by atoms with Crippen LogP contribution in [0.15, 0.2) is 28.1 Å². The van der Waals surface area contributed by atoms with Crippen molar-refractivity contribution in [2.75, 3.05) is 0 Å². The summed E-state index contributed by atoms with van der Waals surface area (Å²) in [6.45, 7) is 3.72. The molecule has 2 aromatic heterocycles. The summed E-state index contributed by atoms with van der Waals surface area (Å²) in [5.41, 5.74) is 7.84. The molecule has 0 radical (unpaired) electrons. The number of benzene rings is 1. The van der Waals surface area contributed by atoms with Crippen molar-refractivity contribution in [1.29, 1.82) is 0 Å². The van der Waals surface area contributed by atoms with Gasteiger partial charge in [-0.1, -0.05) is 11.2 Å². The fourth-order valence-electron chi connectivity index (χ4n) is 1.87. The lowest BCUT2D eigenvalue weighted by atomic mass is 10.1. The molecule has 21 heavy (non-hydrogen) atoms. The molecule has 1 aromatic carbocycles. The maximum Gasteiger partial charge on any atom is 0.277 e. The lowest BCUT2D eigenvalue weighted by Crippen LogP contribution is -2.03. The first-order valence-corrected chi connectivity index (χ1v) is 7.24. The topological polar surface area (TPSA) is 77.8 Å². The molecule has 7 heteroatoms. The van der Waals surface area contributed by atoms with Gasteiger partial charge in [-0.25, -0.2) is 9.37 Å². The molecule has 0 aliphatic rings. The van der Waals surface area contributed by atoms with Gasteiger partial charge in [0.05, 0.1) is 6.04 Å². The molecule has 0 amide bonds. The van der Waals surface area contributed by atoms with E-state index in [2.05, 4.69) is 15.1 Å². The highest BCUT2D eigenvalue weighted by Crippen LogP contribution is 2.27. The number of hydrogen-bond acceptors (Lipinski definition) is 6. The van der Waals surface area contributed by atoms with Gasteiger partial charge in [0.2, 0.25) is 5.82 Å². The van der Waals surface area contributed by atoms with Gasteiger partial charge < -0.3 is 10.3 Å². The molecule has 1 atom stereocenters. The smallest absolute Gasteiger partial charge is 0.277 e. The molecule has 0 spiro atoms. The van der Waals surface area contributed by atoms with Crippen LogP contribution in [0.5, 0.6) is 0 Å². The van der Waals surface area contributed by atoms with Crippen LogP contribution < -0.4 is 5.73 Å². The van der Waals surface area contributed by atoms with Crippen LogP contribution in [0.3, 0.4) is 0 Å². The maximum atomic E-state index is 13.3. The normalized spacial score (nSPS) is 12.6. The van der Waals surface area contributed by atoms with Gasteiger partial charge in [-0.05, 0) is 31.5 Å². The summed E-state index contributed by atoms with van der Waals surface area (Å²) in [5.74, 6) is 0.309. The van der Waals surface area contributed by atoms with E-state index in [4.69, 9.17) is 10.3 Å². The van der Waals surface area contributed by atoms with E-state index in [0.717, 1.165) is 10.6 Å². The Bertz CT molecular complexity index is 781. The van der Waals surface area contributed by atoms with E-state index in [0.29, 0.717) is 23.0 Å². The molecule has 2 N–H and O–H groups in total. The molecule has 0 saturated carbocycles. The van der Waals surface area contributed by atoms with Crippen LogP contribution in [0.25, 0.3) is 23.0 Å². The van der Waals surface area contributed by atoms with Crippen LogP contribution in [0.1, 0.15) is 23.5 Å². The highest BCUT2D eigenvalue weighted by Gasteiger charge is 2.16. The Morgan fingerprint density at radius 2 is 2.14 bits per heavy atom. The first kappa shape index (κ1) is 13.8. The van der Waals surface area contributed by atoms with Crippen molar-refractivity contribution >= 4 is 11.3 Å². The quantitative estimate of drug-likeness (QED) is 0.803. The van der Waals surface area contributed by atoms with Crippen molar-refractivity contribution in [3.05, 3.63) is 40.0 Å². The first-order chi connectivity index (χ1) is 10.0. The molecule has 3 rings (SSSR count). The summed E-state index contributed by atoms with van der Waals surface area (Å²) in [4.78, 5) is 8.63. The van der Waals surface area contributed by atoms with Gasteiger partial charge in [0, 0.05) is 10.9 Å². The number of thiazole rings is 1. The molecule has 2 heterocycles. The lowest BCUT2D eigenvalue weighted by Gasteiger charge is -1.99. The summed E-state index contributed by atoms with van der Waals surface area (Å²) in [5, 5.41) is 6.51. The van der Waals surface area contributed by atoms with Crippen LogP contribution in [-0.4, -0.2) is 15.1 Å². The number of nitrogens with two attached hydrogens (primary N) is 1. The van der Waals surface area contributed by atoms with Crippen molar-refractivity contribution < 1.29 is 8.91 Å². The monoisotopic (exact) mass is 304 g/mol. The van der Waals surface area contributed by atoms with Crippen LogP contribution in [0, 0.1) is 12.7 Å². The molecule has 0 fully saturated rings. The van der Waals surface area contributed by atoms with E-state index in [9.17, 15) is 4.39 Å². The molecule has 0 bridgehead atoms. The zero-order valence-corrected chi connectivity index (χ0v) is 12.3. The molecule has 3 aromatic rings. The van der Waals surface area contributed by atoms with Crippen LogP contribution in [0.2, 0.25) is 0 Å². The Labute approximate surface area is 124 Å². The van der Waals surface area contributed by atoms with Crippen LogP contribution >= 0.6 is 11.3 Å². The zero-order valence-electron chi connectivity index (χ0n) is 11.5. The third kappa shape index (κ3) is 2.70. The van der Waals surface area contributed by atoms with Crippen molar-refractivity contribution in [3.63, 3.8) is 0 Å².